The molecule has 1 aliphatic heterocycles. The van der Waals surface area contributed by atoms with Crippen LogP contribution < -0.4 is 14.2 Å². The first-order valence-corrected chi connectivity index (χ1v) is 13.6. The number of hydrogen-bond donors (Lipinski definition) is 1. The average molecular weight is 493 g/mol. The Morgan fingerprint density at radius 2 is 1.82 bits per heavy atom. The van der Waals surface area contributed by atoms with Gasteiger partial charge >= 0.3 is 0 Å². The number of nitrogens with zero attached hydrogens (tertiary/aromatic N) is 1. The number of nitrogens with one attached hydrogen (secondary N) is 1. The summed E-state index contributed by atoms with van der Waals surface area (Å²) in [6.45, 7) is 5.31. The van der Waals surface area contributed by atoms with Crippen LogP contribution in [0.25, 0.3) is 0 Å². The molecule has 0 spiro atoms. The van der Waals surface area contributed by atoms with Crippen molar-refractivity contribution in [3.63, 3.8) is 0 Å². The first-order chi connectivity index (χ1) is 15.7. The molecule has 1 atom stereocenters. The van der Waals surface area contributed by atoms with E-state index in [0.29, 0.717) is 41.6 Å². The lowest BCUT2D eigenvalue weighted by Gasteiger charge is -2.31. The number of rotatable bonds is 8. The third-order valence-electron chi connectivity index (χ3n) is 6.02. The molecule has 2 aromatic carbocycles. The van der Waals surface area contributed by atoms with Crippen molar-refractivity contribution < 1.29 is 22.7 Å². The third kappa shape index (κ3) is 5.83. The van der Waals surface area contributed by atoms with E-state index >= 15 is 0 Å². The van der Waals surface area contributed by atoms with Gasteiger partial charge in [-0.15, -0.1) is 11.8 Å². The number of piperidine rings is 1. The summed E-state index contributed by atoms with van der Waals surface area (Å²) in [7, 11) is -0.814. The van der Waals surface area contributed by atoms with Crippen LogP contribution in [0.5, 0.6) is 11.5 Å². The molecule has 0 radical (unpaired) electrons. The van der Waals surface area contributed by atoms with Crippen LogP contribution >= 0.6 is 11.8 Å². The molecule has 0 saturated carbocycles. The van der Waals surface area contributed by atoms with Crippen LogP contribution in [0.3, 0.4) is 0 Å². The second-order valence-corrected chi connectivity index (χ2v) is 10.8. The molecule has 9 heteroatoms. The van der Waals surface area contributed by atoms with Crippen LogP contribution in [0, 0.1) is 5.92 Å². The summed E-state index contributed by atoms with van der Waals surface area (Å²) < 4.78 is 39.9. The second-order valence-electron chi connectivity index (χ2n) is 8.29. The van der Waals surface area contributed by atoms with E-state index in [9.17, 15) is 13.2 Å². The van der Waals surface area contributed by atoms with Crippen LogP contribution in [-0.4, -0.2) is 52.8 Å². The number of thioether (sulfide) groups is 1. The molecule has 33 heavy (non-hydrogen) atoms. The van der Waals surface area contributed by atoms with E-state index in [-0.39, 0.29) is 10.8 Å². The zero-order valence-corrected chi connectivity index (χ0v) is 21.4. The Morgan fingerprint density at radius 3 is 2.42 bits per heavy atom. The molecule has 3 rings (SSSR count). The number of carbonyl (C=O) groups is 1. The maximum atomic E-state index is 13.2. The number of benzene rings is 2. The van der Waals surface area contributed by atoms with Crippen molar-refractivity contribution >= 4 is 27.7 Å². The molecular formula is C24H32N2O5S2. The monoisotopic (exact) mass is 492 g/mol. The van der Waals surface area contributed by atoms with Gasteiger partial charge in [0.05, 0.1) is 24.7 Å². The van der Waals surface area contributed by atoms with Gasteiger partial charge in [-0.05, 0) is 68.3 Å². The van der Waals surface area contributed by atoms with Gasteiger partial charge in [0.1, 0.15) is 11.5 Å². The summed E-state index contributed by atoms with van der Waals surface area (Å²) in [5.41, 5.74) is 1.08. The highest BCUT2D eigenvalue weighted by Crippen LogP contribution is 2.31. The molecule has 1 saturated heterocycles. The number of ether oxygens (including phenoxy) is 2. The number of hydrogen-bond acceptors (Lipinski definition) is 6. The predicted octanol–water partition coefficient (Wildman–Crippen LogP) is 4.34. The van der Waals surface area contributed by atoms with Crippen molar-refractivity contribution in [1.29, 1.82) is 0 Å². The predicted molar refractivity (Wildman–Crippen MR) is 131 cm³/mol. The van der Waals surface area contributed by atoms with Crippen molar-refractivity contribution in [3.05, 3.63) is 47.5 Å². The first-order valence-electron chi connectivity index (χ1n) is 10.9. The van der Waals surface area contributed by atoms with Crippen LogP contribution in [-0.2, 0) is 10.0 Å². The van der Waals surface area contributed by atoms with E-state index < -0.39 is 16.1 Å². The van der Waals surface area contributed by atoms with Crippen LogP contribution in [0.4, 0.5) is 0 Å². The van der Waals surface area contributed by atoms with Crippen molar-refractivity contribution in [3.8, 4) is 11.5 Å². The summed E-state index contributed by atoms with van der Waals surface area (Å²) >= 11 is 1.43. The molecular weight excluding hydrogens is 460 g/mol. The molecule has 0 unspecified atom stereocenters. The van der Waals surface area contributed by atoms with E-state index in [1.54, 1.807) is 44.4 Å². The average Bonchev–Trinajstić information content (AvgIpc) is 2.82. The fourth-order valence-electron chi connectivity index (χ4n) is 3.95. The molecule has 7 nitrogen and oxygen atoms in total. The molecule has 1 amide bonds. The summed E-state index contributed by atoms with van der Waals surface area (Å²) in [6, 6.07) is 9.39. The standard InChI is InChI=1S/C24H32N2O5S2/c1-16-10-12-26(13-11-16)24(27)21-15-19(7-9-23(21)32-5)33(28,29)25-17(2)20-14-18(30-3)6-8-22(20)31-4/h6-9,14-17,25H,10-13H2,1-5H3/t17-/m1/s1. The van der Waals surface area contributed by atoms with E-state index in [2.05, 4.69) is 11.6 Å². The summed E-state index contributed by atoms with van der Waals surface area (Å²) in [5.74, 6) is 1.63. The summed E-state index contributed by atoms with van der Waals surface area (Å²) in [5, 5.41) is 0. The van der Waals surface area contributed by atoms with Gasteiger partial charge < -0.3 is 14.4 Å². The Bertz CT molecular complexity index is 1100. The fraction of sp³-hybridized carbons (Fsp3) is 0.458. The number of methoxy groups -OCH3 is 2. The quantitative estimate of drug-likeness (QED) is 0.552. The zero-order chi connectivity index (χ0) is 24.2. The summed E-state index contributed by atoms with van der Waals surface area (Å²) in [6.07, 6.45) is 3.80. The van der Waals surface area contributed by atoms with Gasteiger partial charge in [0.25, 0.3) is 5.91 Å². The minimum atomic E-state index is -3.90. The van der Waals surface area contributed by atoms with E-state index in [1.165, 1.54) is 24.9 Å². The van der Waals surface area contributed by atoms with Gasteiger partial charge in [-0.25, -0.2) is 13.1 Å². The maximum Gasteiger partial charge on any atom is 0.255 e. The Hall–Kier alpha value is -2.23. The van der Waals surface area contributed by atoms with Crippen LogP contribution in [0.2, 0.25) is 0 Å². The maximum absolute atomic E-state index is 13.2. The largest absolute Gasteiger partial charge is 0.497 e. The van der Waals surface area contributed by atoms with Crippen LogP contribution in [0.1, 0.15) is 48.7 Å². The highest BCUT2D eigenvalue weighted by molar-refractivity contribution is 7.98. The van der Waals surface area contributed by atoms with Gasteiger partial charge in [0.2, 0.25) is 10.0 Å². The molecule has 1 fully saturated rings. The number of likely N-dealkylation sites (tertiary alicyclic amines) is 1. The lowest BCUT2D eigenvalue weighted by Crippen LogP contribution is -2.38. The van der Waals surface area contributed by atoms with Crippen molar-refractivity contribution in [2.75, 3.05) is 33.6 Å². The second kappa shape index (κ2) is 10.8. The summed E-state index contributed by atoms with van der Waals surface area (Å²) in [4.78, 5) is 15.9. The molecule has 0 aromatic heterocycles. The van der Waals surface area contributed by atoms with E-state index in [4.69, 9.17) is 9.47 Å². The smallest absolute Gasteiger partial charge is 0.255 e. The fourth-order valence-corrected chi connectivity index (χ4v) is 5.76. The zero-order valence-electron chi connectivity index (χ0n) is 19.8. The van der Waals surface area contributed by atoms with Gasteiger partial charge in [0.15, 0.2) is 0 Å². The van der Waals surface area contributed by atoms with Crippen LogP contribution in [0.15, 0.2) is 46.2 Å². The first kappa shape index (κ1) is 25.4. The SMILES string of the molecule is COc1ccc(OC)c([C@@H](C)NS(=O)(=O)c2ccc(SC)c(C(=O)N3CCC(C)CC3)c2)c1. The minimum Gasteiger partial charge on any atom is -0.497 e. The normalized spacial score (nSPS) is 15.8. The van der Waals surface area contributed by atoms with E-state index in [1.807, 2.05) is 11.2 Å². The molecule has 1 heterocycles. The third-order valence-corrected chi connectivity index (χ3v) is 8.35. The molecule has 2 aromatic rings. The topological polar surface area (TPSA) is 84.9 Å². The molecule has 1 N–H and O–H groups in total. The molecule has 0 aliphatic carbocycles. The number of carbonyl (C=O) groups excluding carboxylic acids is 1. The Balaban J connectivity index is 1.89. The van der Waals surface area contributed by atoms with Gasteiger partial charge in [0, 0.05) is 29.6 Å². The van der Waals surface area contributed by atoms with E-state index in [0.717, 1.165) is 17.7 Å². The molecule has 0 bridgehead atoms. The highest BCUT2D eigenvalue weighted by Gasteiger charge is 2.27. The van der Waals surface area contributed by atoms with Gasteiger partial charge in [-0.1, -0.05) is 6.92 Å². The highest BCUT2D eigenvalue weighted by atomic mass is 32.2. The Labute approximate surface area is 200 Å². The Kier molecular flexibility index (Phi) is 8.31. The lowest BCUT2D eigenvalue weighted by molar-refractivity contribution is 0.0693. The Morgan fingerprint density at radius 1 is 1.12 bits per heavy atom. The van der Waals surface area contributed by atoms with Crippen molar-refractivity contribution in [2.24, 2.45) is 5.92 Å². The molecule has 1 aliphatic rings. The van der Waals surface area contributed by atoms with Gasteiger partial charge in [-0.2, -0.15) is 0 Å². The minimum absolute atomic E-state index is 0.0581. The molecule has 180 valence electrons. The van der Waals surface area contributed by atoms with Crippen molar-refractivity contribution in [2.45, 2.75) is 42.5 Å². The number of sulfonamides is 1. The van der Waals surface area contributed by atoms with Gasteiger partial charge in [-0.3, -0.25) is 4.79 Å². The lowest BCUT2D eigenvalue weighted by atomic mass is 9.98. The van der Waals surface area contributed by atoms with Crippen molar-refractivity contribution in [1.82, 2.24) is 9.62 Å². The number of amides is 1.